The Balaban J connectivity index is 0.806. The summed E-state index contributed by atoms with van der Waals surface area (Å²) in [4.78, 5) is 65.3. The van der Waals surface area contributed by atoms with Crippen molar-refractivity contribution in [2.45, 2.75) is 129 Å². The van der Waals surface area contributed by atoms with E-state index in [-0.39, 0.29) is 60.8 Å². The smallest absolute Gasteiger partial charge is 0.246 e. The number of nitrogens with zero attached hydrogens (tertiary/aromatic N) is 6. The predicted octanol–water partition coefficient (Wildman–Crippen LogP) is 5.97. The number of nitrogens with one attached hydrogen (secondary N) is 2. The summed E-state index contributed by atoms with van der Waals surface area (Å²) in [5, 5.41) is 35.3. The number of benzene rings is 2. The first-order valence-corrected chi connectivity index (χ1v) is 23.5. The van der Waals surface area contributed by atoms with Gasteiger partial charge in [-0.2, -0.15) is 0 Å². The number of likely N-dealkylation sites (tertiary alicyclic amines) is 1. The maximum Gasteiger partial charge on any atom is 0.246 e. The number of rotatable bonds is 17. The second kappa shape index (κ2) is 20.1. The van der Waals surface area contributed by atoms with Crippen molar-refractivity contribution in [2.75, 3.05) is 36.8 Å². The zero-order valence-corrected chi connectivity index (χ0v) is 38.3. The van der Waals surface area contributed by atoms with E-state index in [9.17, 15) is 29.4 Å². The summed E-state index contributed by atoms with van der Waals surface area (Å²) in [5.41, 5.74) is 12.1. The van der Waals surface area contributed by atoms with E-state index in [1.54, 1.807) is 29.5 Å². The van der Waals surface area contributed by atoms with Crippen LogP contribution in [0.4, 0.5) is 11.5 Å². The number of anilines is 2. The topological polar surface area (TPSA) is 207 Å². The number of amides is 4. The van der Waals surface area contributed by atoms with E-state index in [2.05, 4.69) is 35.6 Å². The Morgan fingerprint density at radius 1 is 0.953 bits per heavy atom. The molecule has 3 atom stereocenters. The second-order valence-electron chi connectivity index (χ2n) is 18.8. The molecular weight excluding hydrogens is 831 g/mol. The van der Waals surface area contributed by atoms with Crippen molar-refractivity contribution in [3.63, 3.8) is 0 Å². The minimum absolute atomic E-state index is 0.0226. The molecule has 7 rings (SSSR count). The number of aromatic nitrogens is 3. The predicted molar refractivity (Wildman–Crippen MR) is 248 cm³/mol. The van der Waals surface area contributed by atoms with E-state index in [1.807, 2.05) is 69.6 Å². The molecule has 64 heavy (non-hydrogen) atoms. The van der Waals surface area contributed by atoms with E-state index in [4.69, 9.17) is 5.73 Å². The van der Waals surface area contributed by atoms with Crippen molar-refractivity contribution >= 4 is 46.5 Å². The molecule has 16 heteroatoms. The minimum atomic E-state index is -0.868. The maximum atomic E-state index is 14.0. The van der Waals surface area contributed by atoms with Gasteiger partial charge in [-0.05, 0) is 67.3 Å². The van der Waals surface area contributed by atoms with Crippen LogP contribution < -0.4 is 21.3 Å². The van der Waals surface area contributed by atoms with E-state index in [0.29, 0.717) is 49.6 Å². The SMILES string of the molecule is Cc1ncsc1-c1ccc(CNC(=O)[C@@H]2C[C@@H](O)CN2C(=O)C(NC(=O)CCCCCCCCC(=O)N2CCN(c3cc(-c4ccccc4O)nnc3N)CC23CC3)C(C)(C)C)cc1. The van der Waals surface area contributed by atoms with Crippen LogP contribution in [0.5, 0.6) is 5.75 Å². The lowest BCUT2D eigenvalue weighted by Crippen LogP contribution is -2.57. The molecule has 3 fully saturated rings. The van der Waals surface area contributed by atoms with E-state index >= 15 is 0 Å². The fourth-order valence-electron chi connectivity index (χ4n) is 9.03. The van der Waals surface area contributed by atoms with Gasteiger partial charge in [-0.3, -0.25) is 19.2 Å². The molecule has 2 aliphatic heterocycles. The Morgan fingerprint density at radius 2 is 1.66 bits per heavy atom. The molecule has 1 spiro atoms. The van der Waals surface area contributed by atoms with Crippen molar-refractivity contribution in [3.8, 4) is 27.4 Å². The number of aryl methyl sites for hydroxylation is 1. The molecule has 342 valence electrons. The third-order valence-corrected chi connectivity index (χ3v) is 13.8. The number of hydrogen-bond acceptors (Lipinski definition) is 12. The highest BCUT2D eigenvalue weighted by atomic mass is 32.1. The number of aromatic hydroxyl groups is 1. The quantitative estimate of drug-likeness (QED) is 0.0781. The number of nitrogens with two attached hydrogens (primary N) is 1. The number of β-amino-alcohol motifs (C(OH)–C–C–N with tert-alkyl or cyclic N) is 1. The number of carbonyl (C=O) groups excluding carboxylic acids is 4. The molecule has 1 saturated carbocycles. The Bertz CT molecular complexity index is 2290. The molecule has 0 bridgehead atoms. The van der Waals surface area contributed by atoms with Crippen LogP contribution in [-0.2, 0) is 25.7 Å². The van der Waals surface area contributed by atoms with Crippen molar-refractivity contribution in [1.29, 1.82) is 0 Å². The van der Waals surface area contributed by atoms with Crippen molar-refractivity contribution in [1.82, 2.24) is 35.6 Å². The van der Waals surface area contributed by atoms with Gasteiger partial charge in [0.25, 0.3) is 0 Å². The molecule has 4 aromatic rings. The van der Waals surface area contributed by atoms with Crippen LogP contribution in [-0.4, -0.2) is 109 Å². The van der Waals surface area contributed by atoms with Gasteiger partial charge in [0.1, 0.15) is 17.8 Å². The summed E-state index contributed by atoms with van der Waals surface area (Å²) in [6.45, 7) is 9.85. The average Bonchev–Trinajstić information content (AvgIpc) is 3.68. The molecular formula is C48H63N9O6S. The number of phenolic OH excluding ortho intramolecular Hbond substituents is 1. The number of unbranched alkanes of at least 4 members (excludes halogenated alkanes) is 5. The molecule has 3 aliphatic rings. The number of carbonyl (C=O) groups is 4. The van der Waals surface area contributed by atoms with E-state index < -0.39 is 23.6 Å². The summed E-state index contributed by atoms with van der Waals surface area (Å²) in [7, 11) is 0. The summed E-state index contributed by atoms with van der Waals surface area (Å²) in [5.74, 6) is -0.293. The summed E-state index contributed by atoms with van der Waals surface area (Å²) < 4.78 is 0. The van der Waals surface area contributed by atoms with E-state index in [1.165, 1.54) is 4.90 Å². The van der Waals surface area contributed by atoms with E-state index in [0.717, 1.165) is 72.3 Å². The van der Waals surface area contributed by atoms with Gasteiger partial charge >= 0.3 is 0 Å². The number of nitrogen functional groups attached to an aromatic ring is 1. The molecule has 2 aromatic carbocycles. The van der Waals surface area contributed by atoms with Crippen molar-refractivity contribution < 1.29 is 29.4 Å². The molecule has 0 radical (unpaired) electrons. The monoisotopic (exact) mass is 893 g/mol. The highest BCUT2D eigenvalue weighted by Crippen LogP contribution is 2.46. The molecule has 2 saturated heterocycles. The lowest BCUT2D eigenvalue weighted by Gasteiger charge is -2.43. The minimum Gasteiger partial charge on any atom is -0.507 e. The number of piperazine rings is 1. The summed E-state index contributed by atoms with van der Waals surface area (Å²) in [6.07, 6.45) is 7.12. The van der Waals surface area contributed by atoms with Crippen LogP contribution >= 0.6 is 11.3 Å². The fourth-order valence-corrected chi connectivity index (χ4v) is 9.84. The fraction of sp³-hybridized carbons (Fsp3) is 0.521. The molecule has 15 nitrogen and oxygen atoms in total. The Morgan fingerprint density at radius 3 is 2.33 bits per heavy atom. The zero-order valence-electron chi connectivity index (χ0n) is 37.5. The van der Waals surface area contributed by atoms with Crippen LogP contribution in [0.3, 0.4) is 0 Å². The first-order valence-electron chi connectivity index (χ1n) is 22.7. The van der Waals surface area contributed by atoms with Gasteiger partial charge in [-0.25, -0.2) is 4.98 Å². The van der Waals surface area contributed by atoms with Gasteiger partial charge in [0.15, 0.2) is 5.82 Å². The Labute approximate surface area is 379 Å². The van der Waals surface area contributed by atoms with Gasteiger partial charge in [-0.15, -0.1) is 21.5 Å². The molecule has 2 aromatic heterocycles. The zero-order chi connectivity index (χ0) is 45.6. The number of hydrogen-bond donors (Lipinski definition) is 5. The largest absolute Gasteiger partial charge is 0.507 e. The number of phenols is 1. The van der Waals surface area contributed by atoms with Crippen LogP contribution in [0.2, 0.25) is 0 Å². The van der Waals surface area contributed by atoms with Crippen molar-refractivity contribution in [2.24, 2.45) is 5.41 Å². The second-order valence-corrected chi connectivity index (χ2v) is 19.6. The highest BCUT2D eigenvalue weighted by Gasteiger charge is 2.53. The molecule has 6 N–H and O–H groups in total. The van der Waals surface area contributed by atoms with Gasteiger partial charge in [0.2, 0.25) is 23.6 Å². The molecule has 1 unspecified atom stereocenters. The summed E-state index contributed by atoms with van der Waals surface area (Å²) in [6, 6.07) is 15.1. The van der Waals surface area contributed by atoms with Crippen molar-refractivity contribution in [3.05, 3.63) is 71.4 Å². The van der Waals surface area contributed by atoms with Gasteiger partial charge in [0.05, 0.1) is 39.1 Å². The first kappa shape index (κ1) is 46.4. The Kier molecular flexibility index (Phi) is 14.5. The number of thiazole rings is 1. The molecule has 4 heterocycles. The standard InChI is InChI=1S/C48H63N9O6S/c1-31-42(64-30-51-31)33-19-17-32(18-20-33)27-50-45(62)38-25-34(58)28-56(38)46(63)43(47(2,3)4)52-40(60)15-9-7-5-6-8-10-16-41(61)57-24-23-55(29-48(57)21-22-48)37-26-36(53-54-44(37)49)35-13-11-12-14-39(35)59/h11-14,17-20,26,30,34,38,43,58-59H,5-10,15-16,21-25,27-29H2,1-4H3,(H2,49,54)(H,50,62)(H,52,60)/t34-,38+,43?/m1/s1. The highest BCUT2D eigenvalue weighted by molar-refractivity contribution is 7.13. The molecule has 4 amide bonds. The number of para-hydroxylation sites is 1. The number of aliphatic hydroxyl groups excluding tert-OH is 1. The van der Waals surface area contributed by atoms with Crippen LogP contribution in [0, 0.1) is 12.3 Å². The van der Waals surface area contributed by atoms with Crippen LogP contribution in [0.25, 0.3) is 21.7 Å². The molecule has 1 aliphatic carbocycles. The van der Waals surface area contributed by atoms with Gasteiger partial charge in [0, 0.05) is 57.5 Å². The first-order chi connectivity index (χ1) is 30.6. The van der Waals surface area contributed by atoms with Crippen LogP contribution in [0.1, 0.15) is 103 Å². The number of aliphatic hydroxyl groups is 1. The third-order valence-electron chi connectivity index (χ3n) is 12.9. The van der Waals surface area contributed by atoms with Gasteiger partial charge in [-0.1, -0.05) is 82.9 Å². The summed E-state index contributed by atoms with van der Waals surface area (Å²) >= 11 is 1.58. The third kappa shape index (κ3) is 11.0. The Hall–Kier alpha value is -5.61. The van der Waals surface area contributed by atoms with Crippen LogP contribution in [0.15, 0.2) is 60.1 Å². The average molecular weight is 894 g/mol. The lowest BCUT2D eigenvalue weighted by molar-refractivity contribution is -0.144. The normalized spacial score (nSPS) is 18.5. The lowest BCUT2D eigenvalue weighted by atomic mass is 9.85. The van der Waals surface area contributed by atoms with Gasteiger partial charge < -0.3 is 41.3 Å². The maximum absolute atomic E-state index is 14.0.